The maximum atomic E-state index is 5.45. The molecule has 244 valence electrons. The quantitative estimate of drug-likeness (QED) is 0.197. The monoisotopic (exact) mass is 674 g/mol. The molecule has 0 spiro atoms. The number of hydrogen-bond donors (Lipinski definition) is 1. The first kappa shape index (κ1) is 29.9. The molecule has 1 aliphatic rings. The standard InChI is InChI=1S/C46H34N4S/c1-49-45(31-16-6-3-7-17-31)47-44(30-14-4-2-5-15-30)48-46(49)50-40-24-10-8-20-36(40)37-27-26-33(29-41(37)50)32-18-12-19-34(28-32)35-22-13-23-39-38-21-9-11-25-42(38)51-43(35)39/h2-29,45-46H,1H3,(H,47,48). The van der Waals surface area contributed by atoms with Crippen molar-refractivity contribution in [2.75, 3.05) is 7.05 Å². The second-order valence-electron chi connectivity index (χ2n) is 13.3. The zero-order valence-electron chi connectivity index (χ0n) is 28.1. The number of hydrogen-bond acceptors (Lipinski definition) is 4. The van der Waals surface area contributed by atoms with Crippen molar-refractivity contribution in [1.82, 2.24) is 14.8 Å². The summed E-state index contributed by atoms with van der Waals surface area (Å²) < 4.78 is 5.08. The summed E-state index contributed by atoms with van der Waals surface area (Å²) in [6, 6.07) is 61.2. The molecule has 0 aliphatic carbocycles. The normalized spacial score (nSPS) is 16.5. The van der Waals surface area contributed by atoms with Crippen LogP contribution in [0.1, 0.15) is 23.6 Å². The molecule has 10 rings (SSSR count). The van der Waals surface area contributed by atoms with Gasteiger partial charge in [0.1, 0.15) is 12.0 Å². The molecule has 0 amide bonds. The van der Waals surface area contributed by atoms with Gasteiger partial charge in [0.2, 0.25) is 0 Å². The molecule has 4 nitrogen and oxygen atoms in total. The molecule has 2 atom stereocenters. The predicted molar refractivity (Wildman–Crippen MR) is 215 cm³/mol. The van der Waals surface area contributed by atoms with Gasteiger partial charge in [-0.1, -0.05) is 146 Å². The predicted octanol–water partition coefficient (Wildman–Crippen LogP) is 11.6. The highest BCUT2D eigenvalue weighted by Gasteiger charge is 2.33. The van der Waals surface area contributed by atoms with E-state index in [4.69, 9.17) is 4.99 Å². The van der Waals surface area contributed by atoms with Gasteiger partial charge in [-0.25, -0.2) is 9.89 Å². The van der Waals surface area contributed by atoms with E-state index in [0.717, 1.165) is 22.4 Å². The third-order valence-corrected chi connectivity index (χ3v) is 11.5. The fraction of sp³-hybridized carbons (Fsp3) is 0.0652. The van der Waals surface area contributed by atoms with Crippen molar-refractivity contribution in [2.45, 2.75) is 12.5 Å². The number of nitrogens with one attached hydrogen (secondary N) is 1. The molecule has 5 heteroatoms. The molecule has 9 aromatic rings. The molecular formula is C46H34N4S. The molecule has 2 unspecified atom stereocenters. The van der Waals surface area contributed by atoms with Crippen molar-refractivity contribution in [3.63, 3.8) is 0 Å². The lowest BCUT2D eigenvalue weighted by Gasteiger charge is -2.40. The molecule has 7 aromatic carbocycles. The molecule has 0 radical (unpaired) electrons. The van der Waals surface area contributed by atoms with Gasteiger partial charge in [0.05, 0.1) is 11.0 Å². The summed E-state index contributed by atoms with van der Waals surface area (Å²) in [5.74, 6) is 0.887. The summed E-state index contributed by atoms with van der Waals surface area (Å²) in [5, 5.41) is 8.86. The van der Waals surface area contributed by atoms with E-state index in [1.165, 1.54) is 58.8 Å². The molecule has 2 aromatic heterocycles. The number of aromatic nitrogens is 1. The topological polar surface area (TPSA) is 32.6 Å². The maximum Gasteiger partial charge on any atom is 0.186 e. The number of fused-ring (bicyclic) bond motifs is 6. The number of amidine groups is 1. The van der Waals surface area contributed by atoms with Crippen molar-refractivity contribution in [1.29, 1.82) is 0 Å². The van der Waals surface area contributed by atoms with E-state index in [1.807, 2.05) is 11.3 Å². The fourth-order valence-corrected chi connectivity index (χ4v) is 9.06. The Hall–Kier alpha value is -6.01. The zero-order chi connectivity index (χ0) is 33.9. The highest BCUT2D eigenvalue weighted by atomic mass is 32.1. The van der Waals surface area contributed by atoms with Gasteiger partial charge in [-0.15, -0.1) is 11.3 Å². The van der Waals surface area contributed by atoms with Crippen LogP contribution in [-0.4, -0.2) is 22.4 Å². The van der Waals surface area contributed by atoms with Crippen LogP contribution in [0.3, 0.4) is 0 Å². The van der Waals surface area contributed by atoms with Gasteiger partial charge in [-0.05, 0) is 59.1 Å². The van der Waals surface area contributed by atoms with Crippen LogP contribution in [0.4, 0.5) is 0 Å². The molecule has 0 fully saturated rings. The zero-order valence-corrected chi connectivity index (χ0v) is 28.9. The third kappa shape index (κ3) is 4.96. The SMILES string of the molecule is CN1C(c2ccccc2)NC(c2ccccc2)=NC1n1c2ccccc2c2ccc(-c3cccc(-c4cccc5c4sc4ccccc45)c3)cc21. The van der Waals surface area contributed by atoms with Gasteiger partial charge >= 0.3 is 0 Å². The third-order valence-electron chi connectivity index (χ3n) is 10.3. The van der Waals surface area contributed by atoms with Crippen LogP contribution in [-0.2, 0) is 0 Å². The summed E-state index contributed by atoms with van der Waals surface area (Å²) in [7, 11) is 2.17. The van der Waals surface area contributed by atoms with Gasteiger partial charge in [0, 0.05) is 36.5 Å². The number of benzene rings is 7. The number of nitrogens with zero attached hydrogens (tertiary/aromatic N) is 3. The highest BCUT2D eigenvalue weighted by Crippen LogP contribution is 2.42. The smallest absolute Gasteiger partial charge is 0.186 e. The van der Waals surface area contributed by atoms with Crippen LogP contribution in [0.5, 0.6) is 0 Å². The van der Waals surface area contributed by atoms with Crippen molar-refractivity contribution in [3.05, 3.63) is 181 Å². The minimum absolute atomic E-state index is 0.0726. The van der Waals surface area contributed by atoms with Gasteiger partial charge < -0.3 is 9.88 Å². The van der Waals surface area contributed by atoms with Crippen molar-refractivity contribution in [2.24, 2.45) is 4.99 Å². The molecular weight excluding hydrogens is 641 g/mol. The summed E-state index contributed by atoms with van der Waals surface area (Å²) in [6.07, 6.45) is -0.363. The van der Waals surface area contributed by atoms with Crippen molar-refractivity contribution < 1.29 is 0 Å². The Morgan fingerprint density at radius 1 is 0.529 bits per heavy atom. The fourth-order valence-electron chi connectivity index (χ4n) is 7.83. The van der Waals surface area contributed by atoms with Gasteiger partial charge in [-0.2, -0.15) is 0 Å². The summed E-state index contributed by atoms with van der Waals surface area (Å²) in [4.78, 5) is 7.79. The average molecular weight is 675 g/mol. The van der Waals surface area contributed by atoms with E-state index in [2.05, 4.69) is 192 Å². The Morgan fingerprint density at radius 3 is 2.04 bits per heavy atom. The van der Waals surface area contributed by atoms with Crippen molar-refractivity contribution in [3.8, 4) is 22.3 Å². The van der Waals surface area contributed by atoms with Crippen LogP contribution in [0.15, 0.2) is 175 Å². The lowest BCUT2D eigenvalue weighted by molar-refractivity contribution is 0.109. The van der Waals surface area contributed by atoms with E-state index >= 15 is 0 Å². The second-order valence-corrected chi connectivity index (χ2v) is 14.3. The Kier molecular flexibility index (Phi) is 7.08. The molecule has 51 heavy (non-hydrogen) atoms. The molecule has 3 heterocycles. The lowest BCUT2D eigenvalue weighted by Crippen LogP contribution is -2.47. The van der Waals surface area contributed by atoms with E-state index in [9.17, 15) is 0 Å². The number of rotatable bonds is 5. The number of para-hydroxylation sites is 1. The van der Waals surface area contributed by atoms with E-state index in [0.29, 0.717) is 0 Å². The van der Waals surface area contributed by atoms with E-state index in [-0.39, 0.29) is 12.5 Å². The van der Waals surface area contributed by atoms with Crippen LogP contribution in [0.25, 0.3) is 64.2 Å². The minimum Gasteiger partial charge on any atom is -0.350 e. The number of thiophene rings is 1. The van der Waals surface area contributed by atoms with Crippen LogP contribution >= 0.6 is 11.3 Å². The molecule has 1 N–H and O–H groups in total. The first-order valence-corrected chi connectivity index (χ1v) is 18.2. The Morgan fingerprint density at radius 2 is 1.18 bits per heavy atom. The van der Waals surface area contributed by atoms with E-state index in [1.54, 1.807) is 0 Å². The first-order chi connectivity index (χ1) is 25.2. The first-order valence-electron chi connectivity index (χ1n) is 17.4. The number of aliphatic imine (C=N–C) groups is 1. The maximum absolute atomic E-state index is 5.45. The van der Waals surface area contributed by atoms with Crippen LogP contribution < -0.4 is 5.32 Å². The Bertz CT molecular complexity index is 2760. The molecule has 1 aliphatic heterocycles. The van der Waals surface area contributed by atoms with Gasteiger partial charge in [-0.3, -0.25) is 0 Å². The lowest BCUT2D eigenvalue weighted by atomic mass is 9.97. The highest BCUT2D eigenvalue weighted by molar-refractivity contribution is 7.26. The molecule has 0 saturated carbocycles. The van der Waals surface area contributed by atoms with Crippen molar-refractivity contribution >= 4 is 59.2 Å². The van der Waals surface area contributed by atoms with Gasteiger partial charge in [0.15, 0.2) is 6.29 Å². The van der Waals surface area contributed by atoms with E-state index < -0.39 is 0 Å². The molecule has 0 bridgehead atoms. The van der Waals surface area contributed by atoms with Crippen LogP contribution in [0, 0.1) is 0 Å². The summed E-state index contributed by atoms with van der Waals surface area (Å²) >= 11 is 1.88. The van der Waals surface area contributed by atoms with Crippen LogP contribution in [0.2, 0.25) is 0 Å². The second kappa shape index (κ2) is 12.1. The Balaban J connectivity index is 1.14. The summed E-state index contributed by atoms with van der Waals surface area (Å²) in [6.45, 7) is 0. The average Bonchev–Trinajstić information content (AvgIpc) is 3.74. The molecule has 0 saturated heterocycles. The largest absolute Gasteiger partial charge is 0.350 e. The van der Waals surface area contributed by atoms with Gasteiger partial charge in [0.25, 0.3) is 0 Å². The Labute approximate surface area is 300 Å². The minimum atomic E-state index is -0.291. The summed E-state index contributed by atoms with van der Waals surface area (Å²) in [5.41, 5.74) is 9.47.